The highest BCUT2D eigenvalue weighted by Crippen LogP contribution is 2.09. The standard InChI is InChI=1S/C12H19NO4S/c1-18(15,16)12-4-2-11(3-5-12)10-13-6-8-17-9-7-14/h2-5,13-14H,6-10H2,1H3. The molecule has 0 bridgehead atoms. The van der Waals surface area contributed by atoms with Gasteiger partial charge in [0.15, 0.2) is 9.84 Å². The molecule has 5 nitrogen and oxygen atoms in total. The highest BCUT2D eigenvalue weighted by molar-refractivity contribution is 7.90. The summed E-state index contributed by atoms with van der Waals surface area (Å²) in [4.78, 5) is 0.331. The number of benzene rings is 1. The predicted octanol–water partition coefficient (Wildman–Crippen LogP) is 0.189. The second-order valence-corrected chi connectivity index (χ2v) is 5.94. The molecule has 18 heavy (non-hydrogen) atoms. The van der Waals surface area contributed by atoms with E-state index in [1.54, 1.807) is 24.3 Å². The zero-order valence-electron chi connectivity index (χ0n) is 10.4. The molecule has 6 heteroatoms. The quantitative estimate of drug-likeness (QED) is 0.661. The summed E-state index contributed by atoms with van der Waals surface area (Å²) in [5.74, 6) is 0. The number of nitrogens with one attached hydrogen (secondary N) is 1. The summed E-state index contributed by atoms with van der Waals surface area (Å²) < 4.78 is 27.6. The molecule has 1 aromatic rings. The van der Waals surface area contributed by atoms with Crippen LogP contribution in [0.4, 0.5) is 0 Å². The van der Waals surface area contributed by atoms with Crippen molar-refractivity contribution in [2.45, 2.75) is 11.4 Å². The molecule has 0 atom stereocenters. The molecule has 0 heterocycles. The Balaban J connectivity index is 2.32. The number of rotatable bonds is 8. The summed E-state index contributed by atoms with van der Waals surface area (Å²) in [7, 11) is -3.12. The molecule has 0 radical (unpaired) electrons. The molecule has 102 valence electrons. The van der Waals surface area contributed by atoms with Crippen molar-refractivity contribution < 1.29 is 18.3 Å². The molecule has 0 aromatic heterocycles. The molecule has 1 aromatic carbocycles. The molecule has 0 saturated carbocycles. The van der Waals surface area contributed by atoms with Crippen molar-refractivity contribution in [3.05, 3.63) is 29.8 Å². The Morgan fingerprint density at radius 1 is 1.22 bits per heavy atom. The van der Waals surface area contributed by atoms with Crippen LogP contribution in [0.2, 0.25) is 0 Å². The van der Waals surface area contributed by atoms with E-state index in [4.69, 9.17) is 9.84 Å². The van der Waals surface area contributed by atoms with Crippen LogP contribution in [-0.4, -0.2) is 46.1 Å². The molecular formula is C12H19NO4S. The average Bonchev–Trinajstić information content (AvgIpc) is 2.33. The normalized spacial score (nSPS) is 11.7. The van der Waals surface area contributed by atoms with Crippen molar-refractivity contribution in [2.75, 3.05) is 32.6 Å². The lowest BCUT2D eigenvalue weighted by Crippen LogP contribution is -2.20. The van der Waals surface area contributed by atoms with E-state index in [9.17, 15) is 8.42 Å². The smallest absolute Gasteiger partial charge is 0.175 e. The lowest BCUT2D eigenvalue weighted by Gasteiger charge is -2.06. The molecular weight excluding hydrogens is 254 g/mol. The molecule has 0 aliphatic heterocycles. The second kappa shape index (κ2) is 7.48. The van der Waals surface area contributed by atoms with Crippen LogP contribution in [0.25, 0.3) is 0 Å². The highest BCUT2D eigenvalue weighted by atomic mass is 32.2. The van der Waals surface area contributed by atoms with Crippen LogP contribution in [0.5, 0.6) is 0 Å². The average molecular weight is 273 g/mol. The first kappa shape index (κ1) is 15.1. The Labute approximate surface area is 108 Å². The van der Waals surface area contributed by atoms with E-state index < -0.39 is 9.84 Å². The van der Waals surface area contributed by atoms with Gasteiger partial charge in [0, 0.05) is 19.3 Å². The van der Waals surface area contributed by atoms with Crippen LogP contribution in [0, 0.1) is 0 Å². The topological polar surface area (TPSA) is 75.6 Å². The fraction of sp³-hybridized carbons (Fsp3) is 0.500. The van der Waals surface area contributed by atoms with Crippen LogP contribution in [0.3, 0.4) is 0 Å². The van der Waals surface area contributed by atoms with Gasteiger partial charge < -0.3 is 15.2 Å². The van der Waals surface area contributed by atoms with Gasteiger partial charge in [-0.15, -0.1) is 0 Å². The number of sulfone groups is 1. The van der Waals surface area contributed by atoms with E-state index in [0.717, 1.165) is 5.56 Å². The van der Waals surface area contributed by atoms with Gasteiger partial charge in [0.25, 0.3) is 0 Å². The Morgan fingerprint density at radius 3 is 2.44 bits per heavy atom. The minimum Gasteiger partial charge on any atom is -0.394 e. The van der Waals surface area contributed by atoms with E-state index in [0.29, 0.717) is 31.2 Å². The lowest BCUT2D eigenvalue weighted by molar-refractivity contribution is 0.0938. The summed E-state index contributed by atoms with van der Waals surface area (Å²) in [6.07, 6.45) is 1.19. The first-order chi connectivity index (χ1) is 8.54. The van der Waals surface area contributed by atoms with Crippen molar-refractivity contribution in [3.8, 4) is 0 Å². The Morgan fingerprint density at radius 2 is 1.89 bits per heavy atom. The number of aliphatic hydroxyl groups is 1. The zero-order valence-corrected chi connectivity index (χ0v) is 11.2. The van der Waals surface area contributed by atoms with Gasteiger partial charge in [-0.3, -0.25) is 0 Å². The summed E-state index contributed by atoms with van der Waals surface area (Å²) in [6.45, 7) is 2.28. The molecule has 2 N–H and O–H groups in total. The highest BCUT2D eigenvalue weighted by Gasteiger charge is 2.05. The Hall–Kier alpha value is -0.950. The van der Waals surface area contributed by atoms with Crippen molar-refractivity contribution >= 4 is 9.84 Å². The van der Waals surface area contributed by atoms with E-state index in [-0.39, 0.29) is 6.61 Å². The van der Waals surface area contributed by atoms with Gasteiger partial charge in [-0.05, 0) is 17.7 Å². The Bertz CT molecular complexity index is 442. The van der Waals surface area contributed by atoms with Gasteiger partial charge in [0.2, 0.25) is 0 Å². The predicted molar refractivity (Wildman–Crippen MR) is 69.2 cm³/mol. The molecule has 1 rings (SSSR count). The van der Waals surface area contributed by atoms with Crippen LogP contribution < -0.4 is 5.32 Å². The van der Waals surface area contributed by atoms with Crippen LogP contribution >= 0.6 is 0 Å². The number of ether oxygens (including phenoxy) is 1. The zero-order chi connectivity index (χ0) is 13.4. The molecule has 0 aliphatic rings. The van der Waals surface area contributed by atoms with Crippen molar-refractivity contribution in [1.82, 2.24) is 5.32 Å². The minimum absolute atomic E-state index is 0.0347. The molecule has 0 aliphatic carbocycles. The van der Waals surface area contributed by atoms with E-state index in [2.05, 4.69) is 5.32 Å². The van der Waals surface area contributed by atoms with Gasteiger partial charge in [-0.1, -0.05) is 12.1 Å². The van der Waals surface area contributed by atoms with Gasteiger partial charge >= 0.3 is 0 Å². The SMILES string of the molecule is CS(=O)(=O)c1ccc(CNCCOCCO)cc1. The number of aliphatic hydroxyl groups excluding tert-OH is 1. The monoisotopic (exact) mass is 273 g/mol. The number of hydrogen-bond donors (Lipinski definition) is 2. The maximum Gasteiger partial charge on any atom is 0.175 e. The lowest BCUT2D eigenvalue weighted by atomic mass is 10.2. The molecule has 0 fully saturated rings. The first-order valence-corrected chi connectivity index (χ1v) is 7.61. The van der Waals surface area contributed by atoms with Gasteiger partial charge in [-0.25, -0.2) is 8.42 Å². The van der Waals surface area contributed by atoms with Crippen LogP contribution in [0.1, 0.15) is 5.56 Å². The summed E-state index contributed by atoms with van der Waals surface area (Å²) in [6, 6.07) is 6.79. The molecule has 0 spiro atoms. The third-order valence-electron chi connectivity index (χ3n) is 2.34. The maximum atomic E-state index is 11.3. The van der Waals surface area contributed by atoms with Gasteiger partial charge in [0.05, 0.1) is 24.7 Å². The molecule has 0 saturated heterocycles. The summed E-state index contributed by atoms with van der Waals surface area (Å²) >= 11 is 0. The maximum absolute atomic E-state index is 11.3. The summed E-state index contributed by atoms with van der Waals surface area (Å²) in [5.41, 5.74) is 1.02. The second-order valence-electron chi connectivity index (χ2n) is 3.93. The van der Waals surface area contributed by atoms with E-state index >= 15 is 0 Å². The fourth-order valence-corrected chi connectivity index (χ4v) is 2.03. The van der Waals surface area contributed by atoms with Gasteiger partial charge in [0.1, 0.15) is 0 Å². The van der Waals surface area contributed by atoms with Crippen molar-refractivity contribution in [1.29, 1.82) is 0 Å². The van der Waals surface area contributed by atoms with Crippen molar-refractivity contribution in [3.63, 3.8) is 0 Å². The van der Waals surface area contributed by atoms with E-state index in [1.807, 2.05) is 0 Å². The third kappa shape index (κ3) is 5.59. The van der Waals surface area contributed by atoms with Crippen molar-refractivity contribution in [2.24, 2.45) is 0 Å². The fourth-order valence-electron chi connectivity index (χ4n) is 1.40. The van der Waals surface area contributed by atoms with E-state index in [1.165, 1.54) is 6.26 Å². The van der Waals surface area contributed by atoms with Gasteiger partial charge in [-0.2, -0.15) is 0 Å². The molecule has 0 amide bonds. The third-order valence-corrected chi connectivity index (χ3v) is 3.47. The summed E-state index contributed by atoms with van der Waals surface area (Å²) in [5, 5.41) is 11.7. The largest absolute Gasteiger partial charge is 0.394 e. The first-order valence-electron chi connectivity index (χ1n) is 5.72. The molecule has 0 unspecified atom stereocenters. The number of hydrogen-bond acceptors (Lipinski definition) is 5. The Kier molecular flexibility index (Phi) is 6.28. The van der Waals surface area contributed by atoms with Crippen LogP contribution in [0.15, 0.2) is 29.2 Å². The minimum atomic E-state index is -3.12. The van der Waals surface area contributed by atoms with Crippen LogP contribution in [-0.2, 0) is 21.1 Å².